The molecule has 3 N–H and O–H groups in total. The second-order valence-electron chi connectivity index (χ2n) is 4.52. The summed E-state index contributed by atoms with van der Waals surface area (Å²) in [7, 11) is 0. The first-order valence-corrected chi connectivity index (χ1v) is 7.26. The lowest BCUT2D eigenvalue weighted by molar-refractivity contribution is -0.904. The van der Waals surface area contributed by atoms with Gasteiger partial charge in [-0.3, -0.25) is 5.21 Å². The van der Waals surface area contributed by atoms with Gasteiger partial charge in [0.05, 0.1) is 16.8 Å². The predicted molar refractivity (Wildman–Crippen MR) is 81.6 cm³/mol. The van der Waals surface area contributed by atoms with Gasteiger partial charge in [-0.15, -0.1) is 11.3 Å². The van der Waals surface area contributed by atoms with E-state index in [1.165, 1.54) is 23.6 Å². The third-order valence-electron chi connectivity index (χ3n) is 2.95. The van der Waals surface area contributed by atoms with E-state index < -0.39 is 5.97 Å². The van der Waals surface area contributed by atoms with Crippen molar-refractivity contribution in [2.45, 2.75) is 0 Å². The lowest BCUT2D eigenvalue weighted by Gasteiger charge is -2.03. The summed E-state index contributed by atoms with van der Waals surface area (Å²) in [5.41, 5.74) is 2.39. The molecule has 22 heavy (non-hydrogen) atoms. The Bertz CT molecular complexity index is 832. The Hall–Kier alpha value is -2.93. The summed E-state index contributed by atoms with van der Waals surface area (Å²) in [6, 6.07) is 10.1. The van der Waals surface area contributed by atoms with Crippen molar-refractivity contribution in [3.05, 3.63) is 59.7 Å². The number of rotatable bonds is 4. The molecule has 1 aromatic carbocycles. The molecule has 0 aliphatic heterocycles. The van der Waals surface area contributed by atoms with E-state index in [2.05, 4.69) is 10.3 Å². The molecule has 6 nitrogen and oxygen atoms in total. The fourth-order valence-electron chi connectivity index (χ4n) is 1.93. The molecule has 3 aromatic rings. The van der Waals surface area contributed by atoms with E-state index in [9.17, 15) is 10.0 Å². The van der Waals surface area contributed by atoms with Crippen molar-refractivity contribution in [2.24, 2.45) is 0 Å². The number of benzene rings is 1. The maximum absolute atomic E-state index is 11.0. The van der Waals surface area contributed by atoms with E-state index in [-0.39, 0.29) is 5.56 Å². The monoisotopic (exact) mass is 314 g/mol. The Labute approximate surface area is 129 Å². The van der Waals surface area contributed by atoms with Crippen molar-refractivity contribution < 1.29 is 19.8 Å². The van der Waals surface area contributed by atoms with E-state index in [1.807, 2.05) is 11.4 Å². The maximum atomic E-state index is 11.0. The van der Waals surface area contributed by atoms with Crippen molar-refractivity contribution in [3.63, 3.8) is 0 Å². The van der Waals surface area contributed by atoms with E-state index in [4.69, 9.17) is 5.11 Å². The minimum Gasteiger partial charge on any atom is -0.478 e. The highest BCUT2D eigenvalue weighted by atomic mass is 32.1. The Morgan fingerprint density at radius 1 is 1.27 bits per heavy atom. The fourth-order valence-corrected chi connectivity index (χ4v) is 2.67. The Morgan fingerprint density at radius 3 is 2.91 bits per heavy atom. The van der Waals surface area contributed by atoms with Crippen molar-refractivity contribution >= 4 is 28.1 Å². The van der Waals surface area contributed by atoms with Gasteiger partial charge in [0, 0.05) is 21.9 Å². The molecule has 7 heteroatoms. The van der Waals surface area contributed by atoms with Crippen LogP contribution in [0.15, 0.2) is 54.2 Å². The van der Waals surface area contributed by atoms with Gasteiger partial charge in [-0.05, 0) is 24.3 Å². The highest BCUT2D eigenvalue weighted by Gasteiger charge is 2.09. The Kier molecular flexibility index (Phi) is 3.71. The van der Waals surface area contributed by atoms with E-state index >= 15 is 0 Å². The molecule has 0 spiro atoms. The van der Waals surface area contributed by atoms with Crippen molar-refractivity contribution in [1.29, 1.82) is 0 Å². The molecule has 0 bridgehead atoms. The number of aromatic carboxylic acids is 1. The zero-order valence-corrected chi connectivity index (χ0v) is 12.1. The lowest BCUT2D eigenvalue weighted by Crippen LogP contribution is -2.28. The largest absolute Gasteiger partial charge is 0.478 e. The van der Waals surface area contributed by atoms with Crippen LogP contribution in [0.4, 0.5) is 10.8 Å². The van der Waals surface area contributed by atoms with Gasteiger partial charge in [0.2, 0.25) is 12.4 Å². The summed E-state index contributed by atoms with van der Waals surface area (Å²) >= 11 is 1.40. The number of thiazole rings is 1. The smallest absolute Gasteiger partial charge is 0.335 e. The average molecular weight is 314 g/mol. The number of hydrogen-bond donors (Lipinski definition) is 3. The van der Waals surface area contributed by atoms with E-state index in [1.54, 1.807) is 30.5 Å². The van der Waals surface area contributed by atoms with Gasteiger partial charge in [-0.1, -0.05) is 6.07 Å². The first-order valence-electron chi connectivity index (χ1n) is 6.39. The quantitative estimate of drug-likeness (QED) is 0.509. The lowest BCUT2D eigenvalue weighted by atomic mass is 10.2. The molecule has 0 atom stereocenters. The van der Waals surface area contributed by atoms with Gasteiger partial charge >= 0.3 is 5.97 Å². The number of anilines is 2. The van der Waals surface area contributed by atoms with Crippen LogP contribution in [0.1, 0.15) is 10.4 Å². The standard InChI is InChI=1S/C15H11N3O3S/c19-14(20)10-3-1-5-12(7-10)16-15-17-13(9-22-15)11-4-2-6-18(21)8-11/h1-9H,(H2-,16,17,19,20,21)/p+1. The summed E-state index contributed by atoms with van der Waals surface area (Å²) in [5.74, 6) is -0.972. The number of hydrogen-bond acceptors (Lipinski definition) is 5. The number of carbonyl (C=O) groups is 1. The first-order chi connectivity index (χ1) is 10.6. The third-order valence-corrected chi connectivity index (χ3v) is 3.70. The SMILES string of the molecule is O=C(O)c1cccc(Nc2nc(-c3ccc[n+](O)c3)cs2)c1. The predicted octanol–water partition coefficient (Wildman–Crippen LogP) is 2.78. The Balaban J connectivity index is 1.83. The molecule has 0 unspecified atom stereocenters. The molecule has 0 saturated carbocycles. The van der Waals surface area contributed by atoms with Crippen LogP contribution in [0.5, 0.6) is 0 Å². The van der Waals surface area contributed by atoms with E-state index in [0.29, 0.717) is 10.8 Å². The average Bonchev–Trinajstić information content (AvgIpc) is 2.96. The third kappa shape index (κ3) is 3.04. The molecule has 0 fully saturated rings. The van der Waals surface area contributed by atoms with Crippen LogP contribution in [-0.2, 0) is 0 Å². The van der Waals surface area contributed by atoms with Crippen LogP contribution < -0.4 is 10.0 Å². The summed E-state index contributed by atoms with van der Waals surface area (Å²) in [6.07, 6.45) is 3.08. The molecule has 0 saturated heterocycles. The van der Waals surface area contributed by atoms with Crippen molar-refractivity contribution in [2.75, 3.05) is 5.32 Å². The van der Waals surface area contributed by atoms with Crippen molar-refractivity contribution in [1.82, 2.24) is 4.98 Å². The first kappa shape index (κ1) is 14.0. The summed E-state index contributed by atoms with van der Waals surface area (Å²) < 4.78 is 0.970. The van der Waals surface area contributed by atoms with Gasteiger partial charge < -0.3 is 10.4 Å². The molecule has 0 aliphatic carbocycles. The van der Waals surface area contributed by atoms with E-state index in [0.717, 1.165) is 16.0 Å². The number of carboxylic acids is 1. The maximum Gasteiger partial charge on any atom is 0.335 e. The topological polar surface area (TPSA) is 86.3 Å². The highest BCUT2D eigenvalue weighted by molar-refractivity contribution is 7.14. The number of nitrogens with zero attached hydrogens (tertiary/aromatic N) is 2. The summed E-state index contributed by atoms with van der Waals surface area (Å²) in [5, 5.41) is 24.0. The molecule has 0 aliphatic rings. The molecular weight excluding hydrogens is 302 g/mol. The normalized spacial score (nSPS) is 10.4. The summed E-state index contributed by atoms with van der Waals surface area (Å²) in [4.78, 5) is 15.4. The zero-order chi connectivity index (χ0) is 15.5. The molecule has 0 amide bonds. The van der Waals surface area contributed by atoms with Gasteiger partial charge in [-0.2, -0.15) is 0 Å². The van der Waals surface area contributed by atoms with Crippen molar-refractivity contribution in [3.8, 4) is 11.3 Å². The second kappa shape index (κ2) is 5.82. The molecule has 110 valence electrons. The molecule has 3 rings (SSSR count). The number of carboxylic acid groups (broad SMARTS) is 1. The fraction of sp³-hybridized carbons (Fsp3) is 0. The highest BCUT2D eigenvalue weighted by Crippen LogP contribution is 2.26. The zero-order valence-electron chi connectivity index (χ0n) is 11.3. The van der Waals surface area contributed by atoms with Crippen LogP contribution in [0.3, 0.4) is 0 Å². The minimum absolute atomic E-state index is 0.214. The van der Waals surface area contributed by atoms with Crippen LogP contribution in [-0.4, -0.2) is 21.3 Å². The number of nitrogens with one attached hydrogen (secondary N) is 1. The summed E-state index contributed by atoms with van der Waals surface area (Å²) in [6.45, 7) is 0. The van der Waals surface area contributed by atoms with Gasteiger partial charge in [-0.25, -0.2) is 9.78 Å². The minimum atomic E-state index is -0.972. The number of pyridine rings is 1. The second-order valence-corrected chi connectivity index (χ2v) is 5.38. The molecule has 2 heterocycles. The molecule has 0 radical (unpaired) electrons. The molecule has 2 aromatic heterocycles. The van der Waals surface area contributed by atoms with Gasteiger partial charge in [0.25, 0.3) is 0 Å². The number of aromatic nitrogens is 2. The Morgan fingerprint density at radius 2 is 2.14 bits per heavy atom. The van der Waals surface area contributed by atoms with Gasteiger partial charge in [0.1, 0.15) is 0 Å². The van der Waals surface area contributed by atoms with Crippen LogP contribution in [0.2, 0.25) is 0 Å². The van der Waals surface area contributed by atoms with Gasteiger partial charge in [0.15, 0.2) is 5.13 Å². The molecular formula is C15H12N3O3S+. The van der Waals surface area contributed by atoms with Crippen LogP contribution in [0, 0.1) is 0 Å². The van der Waals surface area contributed by atoms with Crippen LogP contribution in [0.25, 0.3) is 11.3 Å². The van der Waals surface area contributed by atoms with Crippen LogP contribution >= 0.6 is 11.3 Å².